The van der Waals surface area contributed by atoms with Gasteiger partial charge in [0.15, 0.2) is 0 Å². The summed E-state index contributed by atoms with van der Waals surface area (Å²) in [6, 6.07) is -1.30. The fraction of sp³-hybridized carbons (Fsp3) is 0.571. The number of carbonyl (C=O) groups is 3. The average molecular weight is 205 g/mol. The summed E-state index contributed by atoms with van der Waals surface area (Å²) in [5.74, 6) is -4.14. The second-order valence-corrected chi connectivity index (χ2v) is 2.77. The van der Waals surface area contributed by atoms with Gasteiger partial charge in [-0.15, -0.1) is 0 Å². The van der Waals surface area contributed by atoms with Crippen molar-refractivity contribution < 1.29 is 29.7 Å². The Bertz CT molecular complexity index is 251. The van der Waals surface area contributed by atoms with Crippen LogP contribution in [0.15, 0.2) is 0 Å². The molecule has 0 aromatic rings. The number of aliphatic hydroxyl groups excluding tert-OH is 1. The average Bonchev–Trinajstić information content (AvgIpc) is 2.03. The van der Waals surface area contributed by atoms with Gasteiger partial charge in [0, 0.05) is 6.42 Å². The Labute approximate surface area is 79.1 Å². The molecule has 7 heteroatoms. The van der Waals surface area contributed by atoms with Gasteiger partial charge in [-0.05, 0) is 6.42 Å². The first-order valence-corrected chi connectivity index (χ1v) is 3.77. The van der Waals surface area contributed by atoms with Crippen LogP contribution in [0.25, 0.3) is 0 Å². The molecule has 80 valence electrons. The number of hydrogen-bond donors (Lipinski definition) is 4. The number of carboxylic acids is 2. The Balaban J connectivity index is 3.98. The lowest BCUT2D eigenvalue weighted by molar-refractivity contribution is -0.150. The summed E-state index contributed by atoms with van der Waals surface area (Å²) in [5, 5.41) is 25.6. The molecule has 0 aromatic carbocycles. The third-order valence-electron chi connectivity index (χ3n) is 1.50. The first kappa shape index (κ1) is 12.5. The highest BCUT2D eigenvalue weighted by molar-refractivity contribution is 6.32. The molecule has 0 amide bonds. The number of aliphatic hydroxyl groups is 1. The van der Waals surface area contributed by atoms with Gasteiger partial charge in [-0.25, -0.2) is 4.79 Å². The second-order valence-electron chi connectivity index (χ2n) is 2.77. The quantitative estimate of drug-likeness (QED) is 0.375. The van der Waals surface area contributed by atoms with E-state index in [1.807, 2.05) is 0 Å². The van der Waals surface area contributed by atoms with Crippen molar-refractivity contribution in [3.05, 3.63) is 0 Å². The van der Waals surface area contributed by atoms with Gasteiger partial charge in [0.1, 0.15) is 6.04 Å². The van der Waals surface area contributed by atoms with Crippen molar-refractivity contribution in [3.63, 3.8) is 0 Å². The Morgan fingerprint density at radius 3 is 2.07 bits per heavy atom. The lowest BCUT2D eigenvalue weighted by Gasteiger charge is -2.11. The number of Topliss-reactive ketones (excluding diaryl/α,β-unsaturated/α-hetero) is 1. The molecule has 0 fully saturated rings. The summed E-state index contributed by atoms with van der Waals surface area (Å²) in [6.07, 6.45) is -2.32. The van der Waals surface area contributed by atoms with Crippen molar-refractivity contribution in [2.75, 3.05) is 0 Å². The van der Waals surface area contributed by atoms with E-state index in [0.717, 1.165) is 0 Å². The zero-order valence-corrected chi connectivity index (χ0v) is 7.21. The fourth-order valence-electron chi connectivity index (χ4n) is 0.779. The third-order valence-corrected chi connectivity index (χ3v) is 1.50. The zero-order chi connectivity index (χ0) is 11.3. The molecule has 7 nitrogen and oxygen atoms in total. The minimum absolute atomic E-state index is 0.353. The number of carboxylic acid groups (broad SMARTS) is 2. The highest BCUT2D eigenvalue weighted by Gasteiger charge is 2.21. The van der Waals surface area contributed by atoms with E-state index in [9.17, 15) is 14.4 Å². The molecular formula is C7H11NO6. The Morgan fingerprint density at radius 1 is 1.21 bits per heavy atom. The van der Waals surface area contributed by atoms with E-state index >= 15 is 0 Å². The van der Waals surface area contributed by atoms with E-state index in [0.29, 0.717) is 0 Å². The summed E-state index contributed by atoms with van der Waals surface area (Å²) in [4.78, 5) is 30.8. The standard InChI is InChI=1S/C7H11NO6/c8-4(6(11)12)1-3(9)2-5(10)7(13)14/h3-4,9H,1-2,8H2,(H,11,12)(H,13,14)/t3-,4+/m1/s1. The first-order valence-electron chi connectivity index (χ1n) is 3.77. The van der Waals surface area contributed by atoms with Crippen molar-refractivity contribution in [2.24, 2.45) is 5.73 Å². The molecule has 0 radical (unpaired) electrons. The van der Waals surface area contributed by atoms with Crippen LogP contribution < -0.4 is 5.73 Å². The van der Waals surface area contributed by atoms with E-state index in [2.05, 4.69) is 0 Å². The van der Waals surface area contributed by atoms with Crippen LogP contribution in [0.3, 0.4) is 0 Å². The van der Waals surface area contributed by atoms with Gasteiger partial charge in [-0.3, -0.25) is 9.59 Å². The van der Waals surface area contributed by atoms with Crippen LogP contribution in [0.2, 0.25) is 0 Å². The molecule has 0 bridgehead atoms. The van der Waals surface area contributed by atoms with Crippen LogP contribution in [0.1, 0.15) is 12.8 Å². The topological polar surface area (TPSA) is 138 Å². The van der Waals surface area contributed by atoms with Crippen LogP contribution >= 0.6 is 0 Å². The molecule has 0 aliphatic rings. The van der Waals surface area contributed by atoms with Crippen LogP contribution in [0, 0.1) is 0 Å². The minimum Gasteiger partial charge on any atom is -0.480 e. The number of nitrogens with two attached hydrogens (primary N) is 1. The van der Waals surface area contributed by atoms with Gasteiger partial charge in [-0.1, -0.05) is 0 Å². The van der Waals surface area contributed by atoms with Crippen LogP contribution in [0.4, 0.5) is 0 Å². The van der Waals surface area contributed by atoms with Gasteiger partial charge in [0.2, 0.25) is 5.78 Å². The zero-order valence-electron chi connectivity index (χ0n) is 7.21. The normalized spacial score (nSPS) is 14.4. The molecule has 0 spiro atoms. The number of carbonyl (C=O) groups excluding carboxylic acids is 1. The Kier molecular flexibility index (Phi) is 4.74. The highest BCUT2D eigenvalue weighted by Crippen LogP contribution is 2.02. The molecule has 0 aliphatic heterocycles. The number of ketones is 1. The van der Waals surface area contributed by atoms with Gasteiger partial charge in [0.25, 0.3) is 0 Å². The molecule has 0 saturated heterocycles. The third kappa shape index (κ3) is 4.53. The van der Waals surface area contributed by atoms with Gasteiger partial charge >= 0.3 is 11.9 Å². The number of hydrogen-bond acceptors (Lipinski definition) is 5. The van der Waals surface area contributed by atoms with Crippen molar-refractivity contribution in [3.8, 4) is 0 Å². The predicted octanol–water partition coefficient (Wildman–Crippen LogP) is -1.81. The van der Waals surface area contributed by atoms with E-state index in [1.165, 1.54) is 0 Å². The maximum absolute atomic E-state index is 10.6. The van der Waals surface area contributed by atoms with Crippen molar-refractivity contribution in [2.45, 2.75) is 25.0 Å². The van der Waals surface area contributed by atoms with E-state index in [4.69, 9.17) is 21.1 Å². The molecule has 0 unspecified atom stereocenters. The number of rotatable bonds is 6. The van der Waals surface area contributed by atoms with Crippen LogP contribution in [-0.4, -0.2) is 45.2 Å². The SMILES string of the molecule is N[C@@H](C[C@@H](O)CC(=O)C(=O)O)C(=O)O. The molecule has 14 heavy (non-hydrogen) atoms. The van der Waals surface area contributed by atoms with Crippen LogP contribution in [-0.2, 0) is 14.4 Å². The minimum atomic E-state index is -1.66. The lowest BCUT2D eigenvalue weighted by Crippen LogP contribution is -2.35. The molecular weight excluding hydrogens is 194 g/mol. The summed E-state index contributed by atoms with van der Waals surface area (Å²) in [5.41, 5.74) is 5.05. The summed E-state index contributed by atoms with van der Waals surface area (Å²) in [6.45, 7) is 0. The van der Waals surface area contributed by atoms with Crippen LogP contribution in [0.5, 0.6) is 0 Å². The Hall–Kier alpha value is -1.47. The van der Waals surface area contributed by atoms with Crippen molar-refractivity contribution >= 4 is 17.7 Å². The molecule has 0 saturated carbocycles. The van der Waals surface area contributed by atoms with E-state index in [-0.39, 0.29) is 6.42 Å². The van der Waals surface area contributed by atoms with E-state index in [1.54, 1.807) is 0 Å². The number of aliphatic carboxylic acids is 2. The maximum Gasteiger partial charge on any atom is 0.372 e. The molecule has 0 rings (SSSR count). The smallest absolute Gasteiger partial charge is 0.372 e. The van der Waals surface area contributed by atoms with Gasteiger partial charge in [0.05, 0.1) is 6.10 Å². The summed E-state index contributed by atoms with van der Waals surface area (Å²) < 4.78 is 0. The summed E-state index contributed by atoms with van der Waals surface area (Å²) in [7, 11) is 0. The predicted molar refractivity (Wildman–Crippen MR) is 43.5 cm³/mol. The summed E-state index contributed by atoms with van der Waals surface area (Å²) >= 11 is 0. The van der Waals surface area contributed by atoms with E-state index < -0.39 is 36.3 Å². The monoisotopic (exact) mass is 205 g/mol. The first-order chi connectivity index (χ1) is 6.34. The van der Waals surface area contributed by atoms with Gasteiger partial charge < -0.3 is 21.1 Å². The Morgan fingerprint density at radius 2 is 1.71 bits per heavy atom. The van der Waals surface area contributed by atoms with Crippen molar-refractivity contribution in [1.29, 1.82) is 0 Å². The highest BCUT2D eigenvalue weighted by atomic mass is 16.4. The fourth-order valence-corrected chi connectivity index (χ4v) is 0.779. The lowest BCUT2D eigenvalue weighted by atomic mass is 10.1. The van der Waals surface area contributed by atoms with Crippen molar-refractivity contribution in [1.82, 2.24) is 0 Å². The maximum atomic E-state index is 10.6. The molecule has 2 atom stereocenters. The molecule has 5 N–H and O–H groups in total. The van der Waals surface area contributed by atoms with Gasteiger partial charge in [-0.2, -0.15) is 0 Å². The second kappa shape index (κ2) is 5.30. The molecule has 0 aromatic heterocycles. The molecule has 0 aliphatic carbocycles. The molecule has 0 heterocycles. The largest absolute Gasteiger partial charge is 0.480 e.